The molecule has 0 bridgehead atoms. The van der Waals surface area contributed by atoms with Crippen LogP contribution < -0.4 is 15.6 Å². The molecule has 5 nitrogen and oxygen atoms in total. The lowest BCUT2D eigenvalue weighted by Crippen LogP contribution is -2.30. The minimum atomic E-state index is -0.370. The fourth-order valence-electron chi connectivity index (χ4n) is 3.77. The van der Waals surface area contributed by atoms with E-state index in [2.05, 4.69) is 10.3 Å². The lowest BCUT2D eigenvalue weighted by molar-refractivity contribution is 0.0949. The van der Waals surface area contributed by atoms with E-state index < -0.39 is 0 Å². The number of carbonyl (C=O) groups excluding carboxylic acids is 1. The predicted octanol–water partition coefficient (Wildman–Crippen LogP) is 3.16. The molecule has 0 saturated carbocycles. The number of hydrogen-bond acceptors (Lipinski definition) is 3. The number of aryl methyl sites for hydroxylation is 2. The van der Waals surface area contributed by atoms with Gasteiger partial charge < -0.3 is 15.0 Å². The zero-order chi connectivity index (χ0) is 18.1. The molecule has 0 unspecified atom stereocenters. The van der Waals surface area contributed by atoms with Gasteiger partial charge in [-0.25, -0.2) is 0 Å². The molecule has 2 heterocycles. The van der Waals surface area contributed by atoms with Gasteiger partial charge in [-0.1, -0.05) is 18.0 Å². The highest BCUT2D eigenvalue weighted by Gasteiger charge is 2.20. The van der Waals surface area contributed by atoms with E-state index in [1.54, 1.807) is 12.1 Å². The van der Waals surface area contributed by atoms with Gasteiger partial charge in [0.05, 0.1) is 6.61 Å². The van der Waals surface area contributed by atoms with Crippen LogP contribution >= 0.6 is 11.6 Å². The maximum absolute atomic E-state index is 12.6. The van der Waals surface area contributed by atoms with Crippen LogP contribution in [-0.2, 0) is 25.8 Å². The molecule has 26 heavy (non-hydrogen) atoms. The van der Waals surface area contributed by atoms with Gasteiger partial charge in [0.15, 0.2) is 0 Å². The van der Waals surface area contributed by atoms with Crippen molar-refractivity contribution in [3.63, 3.8) is 0 Å². The first-order valence-corrected chi connectivity index (χ1v) is 9.47. The number of H-pyrrole nitrogens is 1. The molecule has 1 aromatic heterocycles. The van der Waals surface area contributed by atoms with Gasteiger partial charge >= 0.3 is 0 Å². The number of aromatic amines is 1. The van der Waals surface area contributed by atoms with E-state index in [4.69, 9.17) is 16.3 Å². The molecule has 2 N–H and O–H groups in total. The van der Waals surface area contributed by atoms with Gasteiger partial charge in [0.1, 0.15) is 11.3 Å². The highest BCUT2D eigenvalue weighted by Crippen LogP contribution is 2.32. The second kappa shape index (κ2) is 7.16. The average molecular weight is 373 g/mol. The van der Waals surface area contributed by atoms with Crippen LogP contribution in [0.1, 0.15) is 52.0 Å². The maximum atomic E-state index is 12.6. The summed E-state index contributed by atoms with van der Waals surface area (Å²) < 4.78 is 5.66. The number of pyridine rings is 1. The SMILES string of the molecule is O=C(NCc1cc(Cl)cc2c1OCC2)c1cc2c([nH]c1=O)CCCCC2. The summed E-state index contributed by atoms with van der Waals surface area (Å²) in [4.78, 5) is 27.8. The molecular weight excluding hydrogens is 352 g/mol. The van der Waals surface area contributed by atoms with Gasteiger partial charge in [-0.05, 0) is 55.0 Å². The van der Waals surface area contributed by atoms with Crippen molar-refractivity contribution in [2.75, 3.05) is 6.61 Å². The van der Waals surface area contributed by atoms with Crippen molar-refractivity contribution in [3.8, 4) is 5.75 Å². The Bertz CT molecular complexity index is 920. The van der Waals surface area contributed by atoms with Crippen molar-refractivity contribution >= 4 is 17.5 Å². The van der Waals surface area contributed by atoms with Crippen molar-refractivity contribution in [2.24, 2.45) is 0 Å². The van der Waals surface area contributed by atoms with E-state index >= 15 is 0 Å². The quantitative estimate of drug-likeness (QED) is 0.813. The van der Waals surface area contributed by atoms with E-state index in [1.807, 2.05) is 6.07 Å². The number of nitrogens with one attached hydrogen (secondary N) is 2. The van der Waals surface area contributed by atoms with Gasteiger partial charge in [0, 0.05) is 29.2 Å². The number of amides is 1. The molecular formula is C20H21ClN2O3. The van der Waals surface area contributed by atoms with Crippen molar-refractivity contribution in [1.29, 1.82) is 0 Å². The molecule has 0 saturated heterocycles. The molecule has 0 spiro atoms. The molecule has 0 radical (unpaired) electrons. The van der Waals surface area contributed by atoms with Crippen LogP contribution in [0.25, 0.3) is 0 Å². The highest BCUT2D eigenvalue weighted by molar-refractivity contribution is 6.30. The molecule has 6 heteroatoms. The number of hydrogen-bond donors (Lipinski definition) is 2. The van der Waals surface area contributed by atoms with Crippen LogP contribution in [0.5, 0.6) is 5.75 Å². The summed E-state index contributed by atoms with van der Waals surface area (Å²) in [5.74, 6) is 0.426. The Labute approximate surface area is 156 Å². The summed E-state index contributed by atoms with van der Waals surface area (Å²) in [5, 5.41) is 3.46. The normalized spacial score (nSPS) is 15.6. The first-order valence-electron chi connectivity index (χ1n) is 9.09. The van der Waals surface area contributed by atoms with E-state index in [-0.39, 0.29) is 23.6 Å². The fraction of sp³-hybridized carbons (Fsp3) is 0.400. The molecule has 136 valence electrons. The summed E-state index contributed by atoms with van der Waals surface area (Å²) >= 11 is 6.16. The lowest BCUT2D eigenvalue weighted by atomic mass is 10.1. The molecule has 4 rings (SSSR count). The Morgan fingerprint density at radius 1 is 1.12 bits per heavy atom. The number of benzene rings is 1. The van der Waals surface area contributed by atoms with E-state index in [0.717, 1.165) is 66.7 Å². The third kappa shape index (κ3) is 3.36. The Morgan fingerprint density at radius 2 is 1.96 bits per heavy atom. The zero-order valence-electron chi connectivity index (χ0n) is 14.5. The molecule has 0 fully saturated rings. The lowest BCUT2D eigenvalue weighted by Gasteiger charge is -2.11. The minimum Gasteiger partial charge on any atom is -0.493 e. The fourth-order valence-corrected chi connectivity index (χ4v) is 4.03. The van der Waals surface area contributed by atoms with Crippen LogP contribution in [0.3, 0.4) is 0 Å². The highest BCUT2D eigenvalue weighted by atomic mass is 35.5. The Balaban J connectivity index is 1.55. The molecule has 1 aromatic carbocycles. The topological polar surface area (TPSA) is 71.2 Å². The Hall–Kier alpha value is -2.27. The summed E-state index contributed by atoms with van der Waals surface area (Å²) in [6, 6.07) is 5.45. The Morgan fingerprint density at radius 3 is 2.85 bits per heavy atom. The standard InChI is InChI=1S/C20H21ClN2O3/c21-15-8-13-6-7-26-18(13)14(9-15)11-22-19(24)16-10-12-4-2-1-3-5-17(12)23-20(16)25/h8-10H,1-7,11H2,(H,22,24)(H,23,25). The second-order valence-corrected chi connectivity index (χ2v) is 7.35. The van der Waals surface area contributed by atoms with Crippen LogP contribution in [0, 0.1) is 0 Å². The van der Waals surface area contributed by atoms with Crippen LogP contribution in [-0.4, -0.2) is 17.5 Å². The van der Waals surface area contributed by atoms with Crippen molar-refractivity contribution in [2.45, 2.75) is 45.1 Å². The number of aromatic nitrogens is 1. The third-order valence-electron chi connectivity index (χ3n) is 5.10. The first-order chi connectivity index (χ1) is 12.6. The number of carbonyl (C=O) groups is 1. The van der Waals surface area contributed by atoms with Crippen molar-refractivity contribution in [1.82, 2.24) is 10.3 Å². The van der Waals surface area contributed by atoms with E-state index in [0.29, 0.717) is 11.6 Å². The Kier molecular flexibility index (Phi) is 4.72. The zero-order valence-corrected chi connectivity index (χ0v) is 15.2. The van der Waals surface area contributed by atoms with Gasteiger partial charge in [-0.2, -0.15) is 0 Å². The monoisotopic (exact) mass is 372 g/mol. The summed E-state index contributed by atoms with van der Waals surface area (Å²) in [6.07, 6.45) is 5.92. The van der Waals surface area contributed by atoms with Crippen LogP contribution in [0.15, 0.2) is 23.0 Å². The van der Waals surface area contributed by atoms with E-state index in [9.17, 15) is 9.59 Å². The number of rotatable bonds is 3. The summed E-state index contributed by atoms with van der Waals surface area (Å²) in [6.45, 7) is 0.902. The summed E-state index contributed by atoms with van der Waals surface area (Å²) in [5.41, 5.74) is 3.81. The second-order valence-electron chi connectivity index (χ2n) is 6.91. The first kappa shape index (κ1) is 17.2. The number of halogens is 1. The molecule has 2 aromatic rings. The van der Waals surface area contributed by atoms with E-state index in [1.165, 1.54) is 0 Å². The van der Waals surface area contributed by atoms with Crippen molar-refractivity contribution in [3.05, 3.63) is 61.5 Å². The number of ether oxygens (including phenoxy) is 1. The smallest absolute Gasteiger partial charge is 0.261 e. The molecule has 1 amide bonds. The predicted molar refractivity (Wildman–Crippen MR) is 100 cm³/mol. The molecule has 2 aliphatic rings. The van der Waals surface area contributed by atoms with Gasteiger partial charge in [-0.15, -0.1) is 0 Å². The average Bonchev–Trinajstić information content (AvgIpc) is 2.97. The van der Waals surface area contributed by atoms with Gasteiger partial charge in [0.2, 0.25) is 0 Å². The molecule has 0 atom stereocenters. The number of fused-ring (bicyclic) bond motifs is 2. The minimum absolute atomic E-state index is 0.172. The molecule has 1 aliphatic heterocycles. The van der Waals surface area contributed by atoms with Crippen molar-refractivity contribution < 1.29 is 9.53 Å². The maximum Gasteiger partial charge on any atom is 0.261 e. The van der Waals surface area contributed by atoms with Crippen LogP contribution in [0.4, 0.5) is 0 Å². The largest absolute Gasteiger partial charge is 0.493 e. The molecule has 1 aliphatic carbocycles. The summed E-state index contributed by atoms with van der Waals surface area (Å²) in [7, 11) is 0. The van der Waals surface area contributed by atoms with Crippen LogP contribution in [0.2, 0.25) is 5.02 Å². The van der Waals surface area contributed by atoms with Gasteiger partial charge in [-0.3, -0.25) is 9.59 Å². The third-order valence-corrected chi connectivity index (χ3v) is 5.32. The van der Waals surface area contributed by atoms with Gasteiger partial charge in [0.25, 0.3) is 11.5 Å².